The molecule has 12 aromatic carbocycles. The van der Waals surface area contributed by atoms with Gasteiger partial charge in [-0.3, -0.25) is 0 Å². The smallest absolute Gasteiger partial charge is 0.0546 e. The van der Waals surface area contributed by atoms with Crippen molar-refractivity contribution >= 4 is 92.5 Å². The van der Waals surface area contributed by atoms with Gasteiger partial charge >= 0.3 is 0 Å². The SMILES string of the molecule is CC1(C)c2ccccc2-c2ccc(N(c3ccc(-c4cccc5ccccc45)cc3)c3cc4cccc5c6cccc7ccc8cccc(c9cccc3c9c45)c8c76)cc21. The summed E-state index contributed by atoms with van der Waals surface area (Å²) < 4.78 is 0. The van der Waals surface area contributed by atoms with E-state index in [1.807, 2.05) is 0 Å². The van der Waals surface area contributed by atoms with Crippen LogP contribution in [0.15, 0.2) is 200 Å². The van der Waals surface area contributed by atoms with Gasteiger partial charge in [-0.2, -0.15) is 0 Å². The Morgan fingerprint density at radius 1 is 0.317 bits per heavy atom. The molecule has 1 nitrogen and oxygen atoms in total. The highest BCUT2D eigenvalue weighted by Gasteiger charge is 2.36. The van der Waals surface area contributed by atoms with Crippen LogP contribution in [0.3, 0.4) is 0 Å². The first-order valence-corrected chi connectivity index (χ1v) is 21.1. The minimum atomic E-state index is -0.135. The van der Waals surface area contributed by atoms with Crippen LogP contribution in [0.2, 0.25) is 0 Å². The number of rotatable bonds is 4. The second kappa shape index (κ2) is 12.3. The Balaban J connectivity index is 1.13. The van der Waals surface area contributed by atoms with Crippen LogP contribution in [0.5, 0.6) is 0 Å². The second-order valence-electron chi connectivity index (χ2n) is 17.2. The fourth-order valence-corrected chi connectivity index (χ4v) is 11.0. The molecule has 1 aliphatic carbocycles. The zero-order chi connectivity index (χ0) is 39.7. The maximum absolute atomic E-state index is 2.52. The molecule has 0 saturated heterocycles. The molecule has 12 aromatic rings. The van der Waals surface area contributed by atoms with Crippen molar-refractivity contribution in [1.82, 2.24) is 0 Å². The van der Waals surface area contributed by atoms with Gasteiger partial charge in [-0.1, -0.05) is 184 Å². The highest BCUT2D eigenvalue weighted by molar-refractivity contribution is 6.38. The normalized spacial score (nSPS) is 13.3. The number of hydrogen-bond acceptors (Lipinski definition) is 1. The van der Waals surface area contributed by atoms with Crippen molar-refractivity contribution in [3.05, 3.63) is 211 Å². The summed E-state index contributed by atoms with van der Waals surface area (Å²) in [5, 5.41) is 17.9. The van der Waals surface area contributed by atoms with E-state index in [0.29, 0.717) is 0 Å². The molecule has 0 fully saturated rings. The van der Waals surface area contributed by atoms with Crippen LogP contribution in [0.1, 0.15) is 25.0 Å². The van der Waals surface area contributed by atoms with E-state index in [1.54, 1.807) is 0 Å². The van der Waals surface area contributed by atoms with Crippen LogP contribution in [-0.4, -0.2) is 0 Å². The van der Waals surface area contributed by atoms with Crippen molar-refractivity contribution in [2.24, 2.45) is 0 Å². The summed E-state index contributed by atoms with van der Waals surface area (Å²) in [4.78, 5) is 2.52. The lowest BCUT2D eigenvalue weighted by Gasteiger charge is -2.30. The number of fused-ring (bicyclic) bond motifs is 6. The van der Waals surface area contributed by atoms with E-state index in [-0.39, 0.29) is 5.41 Å². The summed E-state index contributed by atoms with van der Waals surface area (Å²) in [5.74, 6) is 0. The van der Waals surface area contributed by atoms with E-state index in [1.165, 1.54) is 114 Å². The average molecular weight is 762 g/mol. The van der Waals surface area contributed by atoms with Crippen molar-refractivity contribution in [1.29, 1.82) is 0 Å². The minimum Gasteiger partial charge on any atom is -0.310 e. The third kappa shape index (κ3) is 4.58. The standard InChI is InChI=1S/C59H39N/c1-59(2)52-25-6-5-18-45(52)46-33-32-42(35-53(46)59)60(41-30-28-37(29-31-41)44-19-7-13-36-12-3-4-17-43(36)44)54-34-40-16-10-22-48-47-20-8-14-38-26-27-39-15-9-21-49(56(39)55(38)47)50-23-11-24-51(54)58(50)57(40)48/h3-35H,1-2H3. The summed E-state index contributed by atoms with van der Waals surface area (Å²) >= 11 is 0. The van der Waals surface area contributed by atoms with Gasteiger partial charge in [0.1, 0.15) is 0 Å². The van der Waals surface area contributed by atoms with Crippen LogP contribution in [0, 0.1) is 0 Å². The Bertz CT molecular complexity index is 3730. The van der Waals surface area contributed by atoms with Crippen LogP contribution >= 0.6 is 0 Å². The lowest BCUT2D eigenvalue weighted by atomic mass is 9.82. The minimum absolute atomic E-state index is 0.135. The zero-order valence-electron chi connectivity index (χ0n) is 33.5. The van der Waals surface area contributed by atoms with Gasteiger partial charge in [0.25, 0.3) is 0 Å². The lowest BCUT2D eigenvalue weighted by Crippen LogP contribution is -2.16. The molecule has 280 valence electrons. The summed E-state index contributed by atoms with van der Waals surface area (Å²) in [6.07, 6.45) is 0. The largest absolute Gasteiger partial charge is 0.310 e. The molecule has 0 bridgehead atoms. The molecule has 0 atom stereocenters. The number of benzene rings is 11. The average Bonchev–Trinajstić information content (AvgIpc) is 3.53. The molecule has 0 aliphatic heterocycles. The van der Waals surface area contributed by atoms with E-state index in [4.69, 9.17) is 0 Å². The quantitative estimate of drug-likeness (QED) is 0.161. The number of nitrogens with zero attached hydrogens (tertiary/aromatic N) is 1. The number of anilines is 3. The van der Waals surface area contributed by atoms with Crippen LogP contribution in [0.4, 0.5) is 17.1 Å². The highest BCUT2D eigenvalue weighted by atomic mass is 15.1. The van der Waals surface area contributed by atoms with Gasteiger partial charge in [-0.25, -0.2) is 0 Å². The Morgan fingerprint density at radius 2 is 0.817 bits per heavy atom. The molecular weight excluding hydrogens is 723 g/mol. The summed E-state index contributed by atoms with van der Waals surface area (Å²) in [7, 11) is 0. The number of hydrogen-bond donors (Lipinski definition) is 0. The fraction of sp³-hybridized carbons (Fsp3) is 0.0508. The molecule has 1 aliphatic rings. The molecule has 0 saturated carbocycles. The first kappa shape index (κ1) is 33.5. The van der Waals surface area contributed by atoms with Crippen molar-refractivity contribution in [3.63, 3.8) is 0 Å². The summed E-state index contributed by atoms with van der Waals surface area (Å²) in [5.41, 5.74) is 11.2. The Morgan fingerprint density at radius 3 is 1.57 bits per heavy atom. The Kier molecular flexibility index (Phi) is 6.85. The molecule has 60 heavy (non-hydrogen) atoms. The highest BCUT2D eigenvalue weighted by Crippen LogP contribution is 2.52. The van der Waals surface area contributed by atoms with E-state index in [2.05, 4.69) is 219 Å². The van der Waals surface area contributed by atoms with Crippen LogP contribution in [0.25, 0.3) is 97.7 Å². The van der Waals surface area contributed by atoms with Gasteiger partial charge in [-0.15, -0.1) is 0 Å². The first-order chi connectivity index (χ1) is 29.5. The van der Waals surface area contributed by atoms with Gasteiger partial charge in [0.15, 0.2) is 0 Å². The summed E-state index contributed by atoms with van der Waals surface area (Å²) in [6.45, 7) is 4.75. The molecule has 1 heteroatoms. The maximum atomic E-state index is 2.52. The van der Waals surface area contributed by atoms with Gasteiger partial charge in [0.05, 0.1) is 5.69 Å². The second-order valence-corrected chi connectivity index (χ2v) is 17.2. The van der Waals surface area contributed by atoms with Crippen molar-refractivity contribution in [3.8, 4) is 22.3 Å². The first-order valence-electron chi connectivity index (χ1n) is 21.1. The summed E-state index contributed by atoms with van der Waals surface area (Å²) in [6, 6.07) is 75.2. The van der Waals surface area contributed by atoms with Gasteiger partial charge in [0.2, 0.25) is 0 Å². The molecule has 0 N–H and O–H groups in total. The lowest BCUT2D eigenvalue weighted by molar-refractivity contribution is 0.660. The molecule has 0 aromatic heterocycles. The fourth-order valence-electron chi connectivity index (χ4n) is 11.0. The molecule has 0 amide bonds. The van der Waals surface area contributed by atoms with Crippen molar-refractivity contribution in [2.45, 2.75) is 19.3 Å². The molecular formula is C59H39N. The van der Waals surface area contributed by atoms with Gasteiger partial charge < -0.3 is 4.90 Å². The Hall–Kier alpha value is -7.48. The molecule has 13 rings (SSSR count). The third-order valence-electron chi connectivity index (χ3n) is 13.7. The van der Waals surface area contributed by atoms with Gasteiger partial charge in [0, 0.05) is 27.6 Å². The molecule has 0 unspecified atom stereocenters. The van der Waals surface area contributed by atoms with E-state index in [9.17, 15) is 0 Å². The van der Waals surface area contributed by atoms with Gasteiger partial charge in [-0.05, 0) is 128 Å². The predicted octanol–water partition coefficient (Wildman–Crippen LogP) is 16.6. The third-order valence-corrected chi connectivity index (χ3v) is 13.7. The molecule has 0 heterocycles. The van der Waals surface area contributed by atoms with E-state index >= 15 is 0 Å². The molecule has 0 spiro atoms. The van der Waals surface area contributed by atoms with E-state index < -0.39 is 0 Å². The van der Waals surface area contributed by atoms with E-state index in [0.717, 1.165) is 11.4 Å². The predicted molar refractivity (Wildman–Crippen MR) is 258 cm³/mol. The topological polar surface area (TPSA) is 3.24 Å². The van der Waals surface area contributed by atoms with Crippen LogP contribution in [-0.2, 0) is 5.41 Å². The maximum Gasteiger partial charge on any atom is 0.0546 e. The monoisotopic (exact) mass is 761 g/mol. The molecule has 0 radical (unpaired) electrons. The Labute approximate surface area is 348 Å². The van der Waals surface area contributed by atoms with Crippen LogP contribution < -0.4 is 4.90 Å². The van der Waals surface area contributed by atoms with Crippen molar-refractivity contribution < 1.29 is 0 Å². The van der Waals surface area contributed by atoms with Crippen molar-refractivity contribution in [2.75, 3.05) is 4.90 Å². The zero-order valence-corrected chi connectivity index (χ0v) is 33.5.